The Kier molecular flexibility index (Phi) is 5.45. The molecule has 1 aliphatic carbocycles. The topological polar surface area (TPSA) is 91.3 Å². The van der Waals surface area contributed by atoms with Crippen LogP contribution in [0.2, 0.25) is 0 Å². The van der Waals surface area contributed by atoms with E-state index < -0.39 is 0 Å². The first kappa shape index (κ1) is 18.3. The maximum atomic E-state index is 12.8. The van der Waals surface area contributed by atoms with Gasteiger partial charge in [-0.2, -0.15) is 0 Å². The normalized spacial score (nSPS) is 17.6. The van der Waals surface area contributed by atoms with Crippen molar-refractivity contribution in [2.45, 2.75) is 31.7 Å². The lowest BCUT2D eigenvalue weighted by atomic mass is 10.1. The highest BCUT2D eigenvalue weighted by atomic mass is 16.2. The van der Waals surface area contributed by atoms with Crippen molar-refractivity contribution in [2.24, 2.45) is 0 Å². The standard InChI is InChI=1S/C20H24N6O2/c27-18(24-16-4-1-2-5-16)15-6-9-21-17(14-15)19(28)25-10-12-26(13-11-25)20-22-7-3-8-23-20/h3,6-9,14,16H,1-2,4-5,10-13H2,(H,24,27). The Morgan fingerprint density at radius 2 is 1.68 bits per heavy atom. The molecular formula is C20H24N6O2. The SMILES string of the molecule is O=C(NC1CCCC1)c1ccnc(C(=O)N2CCN(c3ncccn3)CC2)c1. The summed E-state index contributed by atoms with van der Waals surface area (Å²) in [5.41, 5.74) is 0.796. The predicted octanol–water partition coefficient (Wildman–Crippen LogP) is 1.51. The summed E-state index contributed by atoms with van der Waals surface area (Å²) in [5.74, 6) is 0.400. The fourth-order valence-corrected chi connectivity index (χ4v) is 3.75. The van der Waals surface area contributed by atoms with Crippen molar-refractivity contribution in [1.82, 2.24) is 25.2 Å². The minimum absolute atomic E-state index is 0.130. The summed E-state index contributed by atoms with van der Waals surface area (Å²) >= 11 is 0. The minimum Gasteiger partial charge on any atom is -0.349 e. The first-order valence-corrected chi connectivity index (χ1v) is 9.79. The Labute approximate surface area is 164 Å². The van der Waals surface area contributed by atoms with Gasteiger partial charge in [-0.15, -0.1) is 0 Å². The lowest BCUT2D eigenvalue weighted by molar-refractivity contribution is 0.0740. The first-order valence-electron chi connectivity index (χ1n) is 9.79. The fourth-order valence-electron chi connectivity index (χ4n) is 3.75. The number of pyridine rings is 1. The van der Waals surface area contributed by atoms with Crippen LogP contribution in [0.3, 0.4) is 0 Å². The monoisotopic (exact) mass is 380 g/mol. The van der Waals surface area contributed by atoms with Crippen molar-refractivity contribution in [1.29, 1.82) is 0 Å². The molecule has 0 spiro atoms. The maximum absolute atomic E-state index is 12.8. The Bertz CT molecular complexity index is 830. The second-order valence-electron chi connectivity index (χ2n) is 7.21. The quantitative estimate of drug-likeness (QED) is 0.864. The van der Waals surface area contributed by atoms with Crippen molar-refractivity contribution < 1.29 is 9.59 Å². The van der Waals surface area contributed by atoms with Crippen LogP contribution in [0.15, 0.2) is 36.8 Å². The van der Waals surface area contributed by atoms with Gasteiger partial charge in [0.15, 0.2) is 0 Å². The number of nitrogens with one attached hydrogen (secondary N) is 1. The third kappa shape index (κ3) is 4.11. The van der Waals surface area contributed by atoms with Gasteiger partial charge >= 0.3 is 0 Å². The largest absolute Gasteiger partial charge is 0.349 e. The zero-order chi connectivity index (χ0) is 19.3. The molecule has 0 bridgehead atoms. The molecule has 1 aliphatic heterocycles. The Morgan fingerprint density at radius 3 is 2.39 bits per heavy atom. The zero-order valence-electron chi connectivity index (χ0n) is 15.8. The van der Waals surface area contributed by atoms with Crippen LogP contribution in [0.1, 0.15) is 46.5 Å². The summed E-state index contributed by atoms with van der Waals surface area (Å²) in [6.45, 7) is 2.46. The molecule has 8 nitrogen and oxygen atoms in total. The third-order valence-corrected chi connectivity index (χ3v) is 5.33. The average Bonchev–Trinajstić information content (AvgIpc) is 3.27. The molecule has 1 saturated heterocycles. The van der Waals surface area contributed by atoms with Crippen molar-refractivity contribution in [3.05, 3.63) is 48.0 Å². The van der Waals surface area contributed by atoms with Gasteiger partial charge in [0.2, 0.25) is 5.95 Å². The maximum Gasteiger partial charge on any atom is 0.272 e. The van der Waals surface area contributed by atoms with E-state index in [2.05, 4.69) is 25.2 Å². The lowest BCUT2D eigenvalue weighted by Gasteiger charge is -2.34. The van der Waals surface area contributed by atoms with Crippen LogP contribution >= 0.6 is 0 Å². The summed E-state index contributed by atoms with van der Waals surface area (Å²) in [7, 11) is 0. The molecule has 2 aromatic heterocycles. The molecule has 146 valence electrons. The number of nitrogens with zero attached hydrogens (tertiary/aromatic N) is 5. The highest BCUT2D eigenvalue weighted by Crippen LogP contribution is 2.18. The van der Waals surface area contributed by atoms with Gasteiger partial charge in [0.25, 0.3) is 11.8 Å². The molecule has 1 N–H and O–H groups in total. The summed E-state index contributed by atoms with van der Waals surface area (Å²) in [5, 5.41) is 3.05. The van der Waals surface area contributed by atoms with Gasteiger partial charge in [-0.3, -0.25) is 14.6 Å². The predicted molar refractivity (Wildman–Crippen MR) is 104 cm³/mol. The van der Waals surface area contributed by atoms with Crippen LogP contribution < -0.4 is 10.2 Å². The molecule has 0 unspecified atom stereocenters. The Hall–Kier alpha value is -3.03. The highest BCUT2D eigenvalue weighted by molar-refractivity contribution is 5.98. The minimum atomic E-state index is -0.149. The van der Waals surface area contributed by atoms with E-state index in [9.17, 15) is 9.59 Å². The molecule has 0 aromatic carbocycles. The van der Waals surface area contributed by atoms with Gasteiger partial charge < -0.3 is 15.1 Å². The van der Waals surface area contributed by atoms with E-state index in [4.69, 9.17) is 0 Å². The van der Waals surface area contributed by atoms with Gasteiger partial charge in [0.1, 0.15) is 5.69 Å². The van der Waals surface area contributed by atoms with Crippen LogP contribution in [0.25, 0.3) is 0 Å². The number of anilines is 1. The summed E-state index contributed by atoms with van der Waals surface area (Å²) in [6, 6.07) is 5.28. The number of hydrogen-bond acceptors (Lipinski definition) is 6. The van der Waals surface area contributed by atoms with Gasteiger partial charge in [-0.25, -0.2) is 9.97 Å². The van der Waals surface area contributed by atoms with E-state index >= 15 is 0 Å². The molecule has 2 aromatic rings. The molecule has 4 rings (SSSR count). The van der Waals surface area contributed by atoms with Crippen molar-refractivity contribution >= 4 is 17.8 Å². The Morgan fingerprint density at radius 1 is 0.964 bits per heavy atom. The van der Waals surface area contributed by atoms with Crippen LogP contribution in [-0.4, -0.2) is 63.9 Å². The van der Waals surface area contributed by atoms with Gasteiger partial charge in [0, 0.05) is 56.4 Å². The molecule has 2 amide bonds. The average molecular weight is 380 g/mol. The number of carbonyl (C=O) groups excluding carboxylic acids is 2. The van der Waals surface area contributed by atoms with E-state index in [1.165, 1.54) is 6.20 Å². The van der Waals surface area contributed by atoms with Gasteiger partial charge in [-0.05, 0) is 31.0 Å². The van der Waals surface area contributed by atoms with E-state index in [0.29, 0.717) is 43.4 Å². The van der Waals surface area contributed by atoms with Crippen LogP contribution in [0.4, 0.5) is 5.95 Å². The van der Waals surface area contributed by atoms with Crippen molar-refractivity contribution in [2.75, 3.05) is 31.1 Å². The number of piperazine rings is 1. The van der Waals surface area contributed by atoms with E-state index in [1.807, 2.05) is 0 Å². The van der Waals surface area contributed by atoms with E-state index in [1.54, 1.807) is 35.5 Å². The van der Waals surface area contributed by atoms with Crippen LogP contribution in [0, 0.1) is 0 Å². The summed E-state index contributed by atoms with van der Waals surface area (Å²) in [4.78, 5) is 41.8. The zero-order valence-corrected chi connectivity index (χ0v) is 15.8. The smallest absolute Gasteiger partial charge is 0.272 e. The molecular weight excluding hydrogens is 356 g/mol. The molecule has 8 heteroatoms. The molecule has 1 saturated carbocycles. The van der Waals surface area contributed by atoms with Gasteiger partial charge in [-0.1, -0.05) is 12.8 Å². The molecule has 0 radical (unpaired) electrons. The van der Waals surface area contributed by atoms with Crippen LogP contribution in [0.5, 0.6) is 0 Å². The van der Waals surface area contributed by atoms with Crippen molar-refractivity contribution in [3.63, 3.8) is 0 Å². The Balaban J connectivity index is 1.38. The van der Waals surface area contributed by atoms with Crippen LogP contribution in [-0.2, 0) is 0 Å². The van der Waals surface area contributed by atoms with Gasteiger partial charge in [0.05, 0.1) is 0 Å². The second kappa shape index (κ2) is 8.33. The summed E-state index contributed by atoms with van der Waals surface area (Å²) in [6.07, 6.45) is 9.33. The molecule has 0 atom stereocenters. The number of aromatic nitrogens is 3. The lowest BCUT2D eigenvalue weighted by Crippen LogP contribution is -2.49. The number of hydrogen-bond donors (Lipinski definition) is 1. The molecule has 2 fully saturated rings. The van der Waals surface area contributed by atoms with E-state index in [-0.39, 0.29) is 17.9 Å². The molecule has 28 heavy (non-hydrogen) atoms. The molecule has 3 heterocycles. The summed E-state index contributed by atoms with van der Waals surface area (Å²) < 4.78 is 0. The first-order chi connectivity index (χ1) is 13.7. The fraction of sp³-hybridized carbons (Fsp3) is 0.450. The molecule has 2 aliphatic rings. The number of carbonyl (C=O) groups is 2. The van der Waals surface area contributed by atoms with Crippen molar-refractivity contribution in [3.8, 4) is 0 Å². The number of amides is 2. The number of rotatable bonds is 4. The van der Waals surface area contributed by atoms with E-state index in [0.717, 1.165) is 25.7 Å². The highest BCUT2D eigenvalue weighted by Gasteiger charge is 2.25. The second-order valence-corrected chi connectivity index (χ2v) is 7.21. The third-order valence-electron chi connectivity index (χ3n) is 5.33.